The average Bonchev–Trinajstić information content (AvgIpc) is 3.30. The van der Waals surface area contributed by atoms with Gasteiger partial charge in [-0.25, -0.2) is 0 Å². The molecule has 0 bridgehead atoms. The van der Waals surface area contributed by atoms with Crippen molar-refractivity contribution in [3.8, 4) is 0 Å². The van der Waals surface area contributed by atoms with Gasteiger partial charge in [0.15, 0.2) is 0 Å². The Morgan fingerprint density at radius 3 is 2.37 bits per heavy atom. The minimum atomic E-state index is -0.309. The number of carbonyl (C=O) groups is 1. The number of likely N-dealkylation sites (N-methyl/N-ethyl adjacent to an activating group) is 1. The number of carbonyl (C=O) groups excluding carboxylic acids is 1. The zero-order valence-corrected chi connectivity index (χ0v) is 18.9. The fourth-order valence-electron chi connectivity index (χ4n) is 3.06. The normalized spacial score (nSPS) is 15.7. The van der Waals surface area contributed by atoms with Gasteiger partial charge in [-0.05, 0) is 35.8 Å². The minimum absolute atomic E-state index is 0.153. The lowest BCUT2D eigenvalue weighted by Gasteiger charge is -2.26. The van der Waals surface area contributed by atoms with Crippen LogP contribution in [0.2, 0.25) is 0 Å². The molecule has 1 aromatic rings. The number of amides is 1. The summed E-state index contributed by atoms with van der Waals surface area (Å²) in [6.45, 7) is 8.25. The summed E-state index contributed by atoms with van der Waals surface area (Å²) >= 11 is 0. The smallest absolute Gasteiger partial charge is 0.208 e. The van der Waals surface area contributed by atoms with E-state index in [1.165, 1.54) is 24.6 Å². The number of hydrogen-bond donors (Lipinski definition) is 4. The summed E-state index contributed by atoms with van der Waals surface area (Å²) in [5.74, 6) is 0. The molecule has 0 saturated carbocycles. The van der Waals surface area contributed by atoms with Gasteiger partial charge in [-0.1, -0.05) is 51.1 Å². The molecule has 1 amide bonds. The third-order valence-corrected chi connectivity index (χ3v) is 4.66. The highest BCUT2D eigenvalue weighted by molar-refractivity contribution is 5.47. The van der Waals surface area contributed by atoms with Crippen LogP contribution in [0.5, 0.6) is 0 Å². The zero-order valence-electron chi connectivity index (χ0n) is 18.9. The number of likely N-dealkylation sites (tertiary alicyclic amines) is 1. The summed E-state index contributed by atoms with van der Waals surface area (Å²) in [4.78, 5) is 16.1. The first-order valence-corrected chi connectivity index (χ1v) is 10.7. The van der Waals surface area contributed by atoms with Crippen molar-refractivity contribution in [1.82, 2.24) is 20.9 Å². The van der Waals surface area contributed by atoms with Crippen molar-refractivity contribution in [2.75, 3.05) is 26.9 Å². The summed E-state index contributed by atoms with van der Waals surface area (Å²) < 4.78 is 11.1. The molecule has 0 aliphatic carbocycles. The SMILES string of the molecule is CC.CCC(Cc1ccccc1)NC(NC=O)/C(=C\N)NC.FOCN1CCCC1. The minimum Gasteiger partial charge on any atom is -0.403 e. The van der Waals surface area contributed by atoms with Crippen LogP contribution < -0.4 is 21.7 Å². The maximum Gasteiger partial charge on any atom is 0.208 e. The van der Waals surface area contributed by atoms with Crippen LogP contribution in [0.3, 0.4) is 0 Å². The summed E-state index contributed by atoms with van der Waals surface area (Å²) in [6, 6.07) is 10.5. The van der Waals surface area contributed by atoms with Crippen LogP contribution in [0, 0.1) is 0 Å². The van der Waals surface area contributed by atoms with Gasteiger partial charge in [0.1, 0.15) is 12.9 Å². The van der Waals surface area contributed by atoms with Crippen molar-refractivity contribution in [3.63, 3.8) is 0 Å². The molecule has 8 heteroatoms. The van der Waals surface area contributed by atoms with E-state index < -0.39 is 0 Å². The van der Waals surface area contributed by atoms with Gasteiger partial charge in [0.05, 0.1) is 5.70 Å². The van der Waals surface area contributed by atoms with Crippen LogP contribution in [-0.4, -0.2) is 50.4 Å². The summed E-state index contributed by atoms with van der Waals surface area (Å²) in [5, 5.41) is 9.12. The number of halogens is 1. The molecule has 2 rings (SSSR count). The highest BCUT2D eigenvalue weighted by Crippen LogP contribution is 2.07. The van der Waals surface area contributed by atoms with Gasteiger partial charge in [0, 0.05) is 32.4 Å². The van der Waals surface area contributed by atoms with Crippen LogP contribution in [0.1, 0.15) is 45.6 Å². The number of hydrogen-bond acceptors (Lipinski definition) is 6. The molecule has 0 radical (unpaired) electrons. The summed E-state index contributed by atoms with van der Waals surface area (Å²) in [6.07, 6.45) is 6.05. The molecule has 30 heavy (non-hydrogen) atoms. The Bertz CT molecular complexity index is 554. The molecule has 1 fully saturated rings. The van der Waals surface area contributed by atoms with Crippen molar-refractivity contribution < 1.29 is 14.3 Å². The molecule has 1 aliphatic rings. The molecule has 0 spiro atoms. The van der Waals surface area contributed by atoms with Crippen LogP contribution in [0.15, 0.2) is 42.2 Å². The van der Waals surface area contributed by atoms with E-state index in [0.29, 0.717) is 6.41 Å². The van der Waals surface area contributed by atoms with Gasteiger partial charge >= 0.3 is 0 Å². The Morgan fingerprint density at radius 2 is 1.90 bits per heavy atom. The lowest BCUT2D eigenvalue weighted by Crippen LogP contribution is -2.51. The van der Waals surface area contributed by atoms with Gasteiger partial charge in [-0.15, -0.1) is 0 Å². The molecule has 1 aromatic carbocycles. The average molecular weight is 426 g/mol. The molecular weight excluding hydrogens is 385 g/mol. The summed E-state index contributed by atoms with van der Waals surface area (Å²) in [7, 11) is 1.78. The number of rotatable bonds is 11. The van der Waals surface area contributed by atoms with Crippen LogP contribution in [-0.2, 0) is 16.2 Å². The Hall–Kier alpha value is -2.16. The number of benzene rings is 1. The largest absolute Gasteiger partial charge is 0.403 e. The Balaban J connectivity index is 0.000000696. The molecule has 5 N–H and O–H groups in total. The molecule has 7 nitrogen and oxygen atoms in total. The Labute approximate surface area is 181 Å². The molecule has 0 aromatic heterocycles. The van der Waals surface area contributed by atoms with Gasteiger partial charge in [0.2, 0.25) is 6.41 Å². The third kappa shape index (κ3) is 11.7. The fraction of sp³-hybridized carbons (Fsp3) is 0.591. The number of nitrogens with one attached hydrogen (secondary N) is 3. The monoisotopic (exact) mass is 425 g/mol. The molecule has 1 heterocycles. The van der Waals surface area contributed by atoms with Crippen LogP contribution in [0.25, 0.3) is 0 Å². The second-order valence-corrected chi connectivity index (χ2v) is 6.61. The van der Waals surface area contributed by atoms with Crippen LogP contribution in [0.4, 0.5) is 4.53 Å². The van der Waals surface area contributed by atoms with Gasteiger partial charge in [0.25, 0.3) is 0 Å². The topological polar surface area (TPSA) is 91.6 Å². The molecule has 1 saturated heterocycles. The van der Waals surface area contributed by atoms with E-state index in [9.17, 15) is 9.32 Å². The number of nitrogens with two attached hydrogens (primary N) is 1. The second kappa shape index (κ2) is 18.8. The van der Waals surface area contributed by atoms with Crippen molar-refractivity contribution in [3.05, 3.63) is 47.8 Å². The van der Waals surface area contributed by atoms with E-state index >= 15 is 0 Å². The van der Waals surface area contributed by atoms with Crippen molar-refractivity contribution in [2.24, 2.45) is 5.73 Å². The molecule has 2 atom stereocenters. The van der Waals surface area contributed by atoms with E-state index in [-0.39, 0.29) is 18.9 Å². The predicted octanol–water partition coefficient (Wildman–Crippen LogP) is 2.66. The zero-order chi connectivity index (χ0) is 22.6. The quantitative estimate of drug-likeness (QED) is 0.322. The Morgan fingerprint density at radius 1 is 1.27 bits per heavy atom. The van der Waals surface area contributed by atoms with Crippen molar-refractivity contribution in [1.29, 1.82) is 0 Å². The third-order valence-electron chi connectivity index (χ3n) is 4.66. The van der Waals surface area contributed by atoms with E-state index in [0.717, 1.165) is 31.6 Å². The fourth-order valence-corrected chi connectivity index (χ4v) is 3.06. The number of nitrogens with zero attached hydrogens (tertiary/aromatic N) is 1. The first-order valence-electron chi connectivity index (χ1n) is 10.7. The maximum absolute atomic E-state index is 11.1. The van der Waals surface area contributed by atoms with E-state index in [4.69, 9.17) is 5.73 Å². The highest BCUT2D eigenvalue weighted by atomic mass is 19.3. The Kier molecular flexibility index (Phi) is 17.5. The lowest BCUT2D eigenvalue weighted by atomic mass is 10.0. The first kappa shape index (κ1) is 27.8. The molecule has 172 valence electrons. The van der Waals surface area contributed by atoms with Crippen molar-refractivity contribution in [2.45, 2.75) is 58.7 Å². The van der Waals surface area contributed by atoms with E-state index in [1.54, 1.807) is 7.05 Å². The van der Waals surface area contributed by atoms with E-state index in [1.807, 2.05) is 36.9 Å². The van der Waals surface area contributed by atoms with Gasteiger partial charge in [-0.2, -0.15) is 4.94 Å². The van der Waals surface area contributed by atoms with Crippen molar-refractivity contribution >= 4 is 6.41 Å². The van der Waals surface area contributed by atoms with Gasteiger partial charge < -0.3 is 16.4 Å². The lowest BCUT2D eigenvalue weighted by molar-refractivity contribution is -0.168. The maximum atomic E-state index is 11.1. The second-order valence-electron chi connectivity index (χ2n) is 6.61. The molecule has 1 aliphatic heterocycles. The van der Waals surface area contributed by atoms with Gasteiger partial charge in [-0.3, -0.25) is 15.0 Å². The molecular formula is C22H40FN5O2. The standard InChI is InChI=1S/C15H24N4O.C5H10FNO.C2H6/c1-3-13(9-12-7-5-4-6-8-12)19-15(18-11-20)14(10-16)17-2;6-8-5-7-3-1-2-4-7;1-2/h4-8,10-11,13,15,17,19H,3,9,16H2,1-2H3,(H,18,20);1-5H2;1-2H3/b14-10+;;. The predicted molar refractivity (Wildman–Crippen MR) is 121 cm³/mol. The summed E-state index contributed by atoms with van der Waals surface area (Å²) in [5.41, 5.74) is 7.57. The highest BCUT2D eigenvalue weighted by Gasteiger charge is 2.17. The first-order chi connectivity index (χ1) is 14.7. The van der Waals surface area contributed by atoms with E-state index in [2.05, 4.69) is 39.9 Å². The van der Waals surface area contributed by atoms with Crippen LogP contribution >= 0.6 is 0 Å². The molecule has 2 unspecified atom stereocenters.